The van der Waals surface area contributed by atoms with Crippen LogP contribution in [-0.2, 0) is 6.54 Å². The molecule has 0 radical (unpaired) electrons. The zero-order chi connectivity index (χ0) is 21.1. The molecule has 1 atom stereocenters. The number of aryl methyl sites for hydroxylation is 1. The molecule has 1 fully saturated rings. The average Bonchev–Trinajstić information content (AvgIpc) is 3.12. The number of nitrogens with zero attached hydrogens (tertiary/aromatic N) is 3. The van der Waals surface area contributed by atoms with Crippen LogP contribution in [0.1, 0.15) is 42.2 Å². The predicted octanol–water partition coefficient (Wildman–Crippen LogP) is 5.38. The van der Waals surface area contributed by atoms with Crippen molar-refractivity contribution in [1.29, 1.82) is 0 Å². The van der Waals surface area contributed by atoms with Gasteiger partial charge in [0.15, 0.2) is 5.78 Å². The Hall–Kier alpha value is -1.95. The molecular weight excluding hydrogens is 438 g/mol. The second-order valence-corrected chi connectivity index (χ2v) is 9.19. The summed E-state index contributed by atoms with van der Waals surface area (Å²) in [6, 6.07) is 17.5. The van der Waals surface area contributed by atoms with E-state index in [0.717, 1.165) is 66.6 Å². The molecule has 4 nitrogen and oxygen atoms in total. The summed E-state index contributed by atoms with van der Waals surface area (Å²) in [7, 11) is 0. The van der Waals surface area contributed by atoms with Crippen molar-refractivity contribution in [3.8, 4) is 0 Å². The predicted molar refractivity (Wildman–Crippen MR) is 127 cm³/mol. The number of rotatable bonds is 7. The summed E-state index contributed by atoms with van der Waals surface area (Å²) in [5.41, 5.74) is 3.36. The molecule has 0 bridgehead atoms. The standard InChI is InChI=1S/C25H30BrN3O/c1-19(21-7-4-3-5-8-21)28-15-13-27(14-16-28)11-6-12-29-18-24(20(2)30)23-17-22(26)9-10-25(23)29/h3-5,7-10,17-19H,6,11-16H2,1-2H3. The third kappa shape index (κ3) is 4.69. The molecule has 30 heavy (non-hydrogen) atoms. The van der Waals surface area contributed by atoms with Gasteiger partial charge in [-0.15, -0.1) is 0 Å². The third-order valence-electron chi connectivity index (χ3n) is 6.33. The largest absolute Gasteiger partial charge is 0.347 e. The molecule has 0 N–H and O–H groups in total. The monoisotopic (exact) mass is 467 g/mol. The number of fused-ring (bicyclic) bond motifs is 1. The number of hydrogen-bond donors (Lipinski definition) is 0. The number of halogens is 1. The maximum atomic E-state index is 12.1. The Labute approximate surface area is 187 Å². The summed E-state index contributed by atoms with van der Waals surface area (Å²) in [6.07, 6.45) is 3.12. The van der Waals surface area contributed by atoms with E-state index in [0.29, 0.717) is 6.04 Å². The normalized spacial score (nSPS) is 16.8. The van der Waals surface area contributed by atoms with Crippen molar-refractivity contribution in [2.75, 3.05) is 32.7 Å². The van der Waals surface area contributed by atoms with Gasteiger partial charge in [-0.05, 0) is 50.6 Å². The molecule has 2 aromatic carbocycles. The van der Waals surface area contributed by atoms with Gasteiger partial charge >= 0.3 is 0 Å². The fraction of sp³-hybridized carbons (Fsp3) is 0.400. The maximum Gasteiger partial charge on any atom is 0.161 e. The van der Waals surface area contributed by atoms with E-state index in [2.05, 4.69) is 85.8 Å². The smallest absolute Gasteiger partial charge is 0.161 e. The number of aromatic nitrogens is 1. The number of benzene rings is 2. The third-order valence-corrected chi connectivity index (χ3v) is 6.83. The molecule has 1 saturated heterocycles. The quantitative estimate of drug-likeness (QED) is 0.436. The molecule has 5 heteroatoms. The molecule has 0 spiro atoms. The highest BCUT2D eigenvalue weighted by Crippen LogP contribution is 2.26. The van der Waals surface area contributed by atoms with Crippen LogP contribution >= 0.6 is 15.9 Å². The van der Waals surface area contributed by atoms with Crippen molar-refractivity contribution >= 4 is 32.6 Å². The Morgan fingerprint density at radius 2 is 1.77 bits per heavy atom. The SMILES string of the molecule is CC(=O)c1cn(CCCN2CCN(C(C)c3ccccc3)CC2)c2ccc(Br)cc12. The highest BCUT2D eigenvalue weighted by atomic mass is 79.9. The zero-order valence-electron chi connectivity index (χ0n) is 17.9. The Balaban J connectivity index is 1.31. The number of Topliss-reactive ketones (excluding diaryl/α,β-unsaturated/α-hetero) is 1. The van der Waals surface area contributed by atoms with Crippen LogP contribution in [0.2, 0.25) is 0 Å². The summed E-state index contributed by atoms with van der Waals surface area (Å²) in [6.45, 7) is 10.5. The fourth-order valence-electron chi connectivity index (χ4n) is 4.52. The summed E-state index contributed by atoms with van der Waals surface area (Å²) >= 11 is 3.53. The van der Waals surface area contributed by atoms with Gasteiger partial charge < -0.3 is 9.47 Å². The van der Waals surface area contributed by atoms with E-state index in [-0.39, 0.29) is 5.78 Å². The van der Waals surface area contributed by atoms with Crippen molar-refractivity contribution in [2.45, 2.75) is 32.9 Å². The topological polar surface area (TPSA) is 28.5 Å². The van der Waals surface area contributed by atoms with Gasteiger partial charge in [-0.2, -0.15) is 0 Å². The highest BCUT2D eigenvalue weighted by Gasteiger charge is 2.21. The lowest BCUT2D eigenvalue weighted by atomic mass is 10.1. The Bertz CT molecular complexity index is 1010. The number of carbonyl (C=O) groups excluding carboxylic acids is 1. The van der Waals surface area contributed by atoms with E-state index < -0.39 is 0 Å². The molecule has 158 valence electrons. The Morgan fingerprint density at radius 1 is 1.03 bits per heavy atom. The number of ketones is 1. The highest BCUT2D eigenvalue weighted by molar-refractivity contribution is 9.10. The Kier molecular flexibility index (Phi) is 6.71. The summed E-state index contributed by atoms with van der Waals surface area (Å²) in [4.78, 5) is 17.2. The van der Waals surface area contributed by atoms with Crippen LogP contribution in [0.3, 0.4) is 0 Å². The van der Waals surface area contributed by atoms with Crippen LogP contribution in [0.25, 0.3) is 10.9 Å². The zero-order valence-corrected chi connectivity index (χ0v) is 19.4. The minimum absolute atomic E-state index is 0.125. The van der Waals surface area contributed by atoms with Crippen molar-refractivity contribution in [3.63, 3.8) is 0 Å². The lowest BCUT2D eigenvalue weighted by Gasteiger charge is -2.38. The first-order chi connectivity index (χ1) is 14.5. The number of piperazine rings is 1. The van der Waals surface area contributed by atoms with Gasteiger partial charge in [0.25, 0.3) is 0 Å². The number of carbonyl (C=O) groups is 1. The van der Waals surface area contributed by atoms with Crippen LogP contribution in [0.15, 0.2) is 59.2 Å². The first-order valence-electron chi connectivity index (χ1n) is 10.8. The molecule has 0 saturated carbocycles. The molecule has 4 rings (SSSR count). The summed E-state index contributed by atoms with van der Waals surface area (Å²) in [5.74, 6) is 0.125. The van der Waals surface area contributed by atoms with Crippen molar-refractivity contribution in [2.24, 2.45) is 0 Å². The van der Waals surface area contributed by atoms with Crippen LogP contribution in [0.4, 0.5) is 0 Å². The molecule has 1 unspecified atom stereocenters. The lowest BCUT2D eigenvalue weighted by molar-refractivity contribution is 0.101. The van der Waals surface area contributed by atoms with Crippen molar-refractivity contribution in [1.82, 2.24) is 14.4 Å². The van der Waals surface area contributed by atoms with Gasteiger partial charge in [-0.1, -0.05) is 46.3 Å². The van der Waals surface area contributed by atoms with Gasteiger partial charge in [-0.25, -0.2) is 0 Å². The molecule has 0 aliphatic carbocycles. The maximum absolute atomic E-state index is 12.1. The first-order valence-corrected chi connectivity index (χ1v) is 11.6. The van der Waals surface area contributed by atoms with Crippen LogP contribution < -0.4 is 0 Å². The van der Waals surface area contributed by atoms with E-state index >= 15 is 0 Å². The first kappa shape index (κ1) is 21.3. The summed E-state index contributed by atoms with van der Waals surface area (Å²) < 4.78 is 3.25. The second-order valence-electron chi connectivity index (χ2n) is 8.27. The minimum Gasteiger partial charge on any atom is -0.347 e. The Morgan fingerprint density at radius 3 is 2.47 bits per heavy atom. The number of hydrogen-bond acceptors (Lipinski definition) is 3. The van der Waals surface area contributed by atoms with Gasteiger partial charge in [0.2, 0.25) is 0 Å². The van der Waals surface area contributed by atoms with Crippen LogP contribution in [-0.4, -0.2) is 52.9 Å². The molecule has 1 aliphatic rings. The van der Waals surface area contributed by atoms with Gasteiger partial charge in [0, 0.05) is 65.9 Å². The molecule has 1 aromatic heterocycles. The van der Waals surface area contributed by atoms with E-state index in [1.807, 2.05) is 6.20 Å². The molecule has 2 heterocycles. The molecular formula is C25H30BrN3O. The van der Waals surface area contributed by atoms with E-state index in [4.69, 9.17) is 0 Å². The minimum atomic E-state index is 0.125. The van der Waals surface area contributed by atoms with E-state index in [1.54, 1.807) is 6.92 Å². The van der Waals surface area contributed by atoms with Gasteiger partial charge in [0.05, 0.1) is 0 Å². The molecule has 1 aliphatic heterocycles. The van der Waals surface area contributed by atoms with Gasteiger partial charge in [-0.3, -0.25) is 9.69 Å². The van der Waals surface area contributed by atoms with Crippen molar-refractivity contribution in [3.05, 3.63) is 70.3 Å². The average molecular weight is 468 g/mol. The van der Waals surface area contributed by atoms with E-state index in [1.165, 1.54) is 5.56 Å². The van der Waals surface area contributed by atoms with Crippen LogP contribution in [0.5, 0.6) is 0 Å². The molecule has 0 amide bonds. The second kappa shape index (κ2) is 9.46. The van der Waals surface area contributed by atoms with E-state index in [9.17, 15) is 4.79 Å². The summed E-state index contributed by atoms with van der Waals surface area (Å²) in [5, 5.41) is 1.04. The van der Waals surface area contributed by atoms with Crippen LogP contribution in [0, 0.1) is 0 Å². The van der Waals surface area contributed by atoms with Gasteiger partial charge in [0.1, 0.15) is 0 Å². The fourth-order valence-corrected chi connectivity index (χ4v) is 4.88. The van der Waals surface area contributed by atoms with Crippen molar-refractivity contribution < 1.29 is 4.79 Å². The lowest BCUT2D eigenvalue weighted by Crippen LogP contribution is -2.47. The molecule has 3 aromatic rings.